The van der Waals surface area contributed by atoms with Crippen molar-refractivity contribution in [1.82, 2.24) is 5.32 Å². The van der Waals surface area contributed by atoms with Crippen LogP contribution in [0.2, 0.25) is 0 Å². The molecular formula is C18H19FN2O4S. The molecule has 0 saturated carbocycles. The first-order valence-corrected chi connectivity index (χ1v) is 9.61. The van der Waals surface area contributed by atoms with Gasteiger partial charge in [-0.25, -0.2) is 12.8 Å². The van der Waals surface area contributed by atoms with Crippen LogP contribution in [0.4, 0.5) is 10.1 Å². The number of hydrogen-bond donors (Lipinski definition) is 1. The molecule has 0 heterocycles. The molecule has 0 aliphatic heterocycles. The van der Waals surface area contributed by atoms with Crippen LogP contribution in [0.5, 0.6) is 0 Å². The number of carbonyl (C=O) groups excluding carboxylic acids is 2. The SMILES string of the molecule is CC(=O)c1cccc(N(CC(=O)NCc2ccc(F)cc2)S(C)(=O)=O)c1. The van der Waals surface area contributed by atoms with Gasteiger partial charge in [-0.05, 0) is 36.8 Å². The Hall–Kier alpha value is -2.74. The van der Waals surface area contributed by atoms with E-state index in [1.807, 2.05) is 0 Å². The van der Waals surface area contributed by atoms with Crippen LogP contribution >= 0.6 is 0 Å². The molecule has 0 spiro atoms. The van der Waals surface area contributed by atoms with E-state index in [4.69, 9.17) is 0 Å². The summed E-state index contributed by atoms with van der Waals surface area (Å²) in [7, 11) is -3.73. The molecule has 2 rings (SSSR count). The summed E-state index contributed by atoms with van der Waals surface area (Å²) < 4.78 is 38.0. The molecule has 0 unspecified atom stereocenters. The van der Waals surface area contributed by atoms with Crippen molar-refractivity contribution >= 4 is 27.4 Å². The highest BCUT2D eigenvalue weighted by Crippen LogP contribution is 2.19. The van der Waals surface area contributed by atoms with Crippen LogP contribution in [0, 0.1) is 5.82 Å². The van der Waals surface area contributed by atoms with E-state index in [-0.39, 0.29) is 23.8 Å². The second-order valence-corrected chi connectivity index (χ2v) is 7.69. The number of nitrogens with zero attached hydrogens (tertiary/aromatic N) is 1. The van der Waals surface area contributed by atoms with E-state index in [9.17, 15) is 22.4 Å². The molecule has 2 aromatic carbocycles. The molecular weight excluding hydrogens is 359 g/mol. The monoisotopic (exact) mass is 378 g/mol. The number of amides is 1. The van der Waals surface area contributed by atoms with Crippen molar-refractivity contribution in [1.29, 1.82) is 0 Å². The lowest BCUT2D eigenvalue weighted by Gasteiger charge is -2.22. The number of anilines is 1. The average molecular weight is 378 g/mol. The van der Waals surface area contributed by atoms with Gasteiger partial charge in [-0.2, -0.15) is 0 Å². The largest absolute Gasteiger partial charge is 0.350 e. The average Bonchev–Trinajstić information content (AvgIpc) is 2.58. The molecule has 1 N–H and O–H groups in total. The number of rotatable bonds is 7. The van der Waals surface area contributed by atoms with Gasteiger partial charge in [-0.3, -0.25) is 13.9 Å². The molecule has 0 bridgehead atoms. The highest BCUT2D eigenvalue weighted by atomic mass is 32.2. The van der Waals surface area contributed by atoms with E-state index >= 15 is 0 Å². The number of Topliss-reactive ketones (excluding diaryl/α,β-unsaturated/α-hetero) is 1. The number of carbonyl (C=O) groups is 2. The standard InChI is InChI=1S/C18H19FN2O4S/c1-13(22)15-4-3-5-17(10-15)21(26(2,24)25)12-18(23)20-11-14-6-8-16(19)9-7-14/h3-10H,11-12H2,1-2H3,(H,20,23). The van der Waals surface area contributed by atoms with Crippen molar-refractivity contribution in [2.75, 3.05) is 17.1 Å². The molecule has 6 nitrogen and oxygen atoms in total. The third-order valence-corrected chi connectivity index (χ3v) is 4.77. The number of ketones is 1. The first-order chi connectivity index (χ1) is 12.2. The number of benzene rings is 2. The fraction of sp³-hybridized carbons (Fsp3) is 0.222. The van der Waals surface area contributed by atoms with Crippen molar-refractivity contribution in [3.05, 3.63) is 65.5 Å². The van der Waals surface area contributed by atoms with Gasteiger partial charge in [-0.15, -0.1) is 0 Å². The second kappa shape index (κ2) is 8.09. The fourth-order valence-electron chi connectivity index (χ4n) is 2.27. The Kier molecular flexibility index (Phi) is 6.10. The minimum atomic E-state index is -3.73. The van der Waals surface area contributed by atoms with Crippen LogP contribution in [0.25, 0.3) is 0 Å². The zero-order valence-electron chi connectivity index (χ0n) is 14.4. The highest BCUT2D eigenvalue weighted by molar-refractivity contribution is 7.92. The van der Waals surface area contributed by atoms with Crippen LogP contribution in [0.3, 0.4) is 0 Å². The summed E-state index contributed by atoms with van der Waals surface area (Å²) in [6.45, 7) is 1.09. The minimum Gasteiger partial charge on any atom is -0.350 e. The second-order valence-electron chi connectivity index (χ2n) is 5.78. The maximum Gasteiger partial charge on any atom is 0.241 e. The van der Waals surface area contributed by atoms with Gasteiger partial charge in [0, 0.05) is 12.1 Å². The summed E-state index contributed by atoms with van der Waals surface area (Å²) in [6, 6.07) is 11.7. The lowest BCUT2D eigenvalue weighted by atomic mass is 10.1. The molecule has 138 valence electrons. The first-order valence-electron chi connectivity index (χ1n) is 7.76. The molecule has 0 saturated heterocycles. The zero-order valence-corrected chi connectivity index (χ0v) is 15.2. The number of hydrogen-bond acceptors (Lipinski definition) is 4. The zero-order chi connectivity index (χ0) is 19.3. The van der Waals surface area contributed by atoms with Gasteiger partial charge in [0.15, 0.2) is 5.78 Å². The van der Waals surface area contributed by atoms with Crippen LogP contribution in [-0.4, -0.2) is 32.9 Å². The lowest BCUT2D eigenvalue weighted by molar-refractivity contribution is -0.119. The number of sulfonamides is 1. The highest BCUT2D eigenvalue weighted by Gasteiger charge is 2.21. The Labute approximate surface area is 151 Å². The van der Waals surface area contributed by atoms with Gasteiger partial charge in [0.05, 0.1) is 11.9 Å². The molecule has 0 aliphatic carbocycles. The summed E-state index contributed by atoms with van der Waals surface area (Å²) in [5.41, 5.74) is 1.27. The van der Waals surface area contributed by atoms with Gasteiger partial charge in [0.1, 0.15) is 12.4 Å². The first kappa shape index (κ1) is 19.6. The predicted octanol–water partition coefficient (Wildman–Crippen LogP) is 2.11. The van der Waals surface area contributed by atoms with E-state index in [1.54, 1.807) is 12.1 Å². The molecule has 26 heavy (non-hydrogen) atoms. The Morgan fingerprint density at radius 3 is 2.35 bits per heavy atom. The number of nitrogens with one attached hydrogen (secondary N) is 1. The van der Waals surface area contributed by atoms with Crippen molar-refractivity contribution in [2.45, 2.75) is 13.5 Å². The third kappa shape index (κ3) is 5.38. The predicted molar refractivity (Wildman–Crippen MR) is 96.9 cm³/mol. The van der Waals surface area contributed by atoms with Gasteiger partial charge >= 0.3 is 0 Å². The summed E-state index contributed by atoms with van der Waals surface area (Å²) >= 11 is 0. The van der Waals surface area contributed by atoms with E-state index < -0.39 is 22.5 Å². The van der Waals surface area contributed by atoms with Crippen molar-refractivity contribution in [3.63, 3.8) is 0 Å². The van der Waals surface area contributed by atoms with Crippen LogP contribution in [0.1, 0.15) is 22.8 Å². The third-order valence-electron chi connectivity index (χ3n) is 3.63. The molecule has 0 aromatic heterocycles. The van der Waals surface area contributed by atoms with Gasteiger partial charge in [0.2, 0.25) is 15.9 Å². The van der Waals surface area contributed by atoms with Crippen LogP contribution in [0.15, 0.2) is 48.5 Å². The Morgan fingerprint density at radius 1 is 1.12 bits per heavy atom. The molecule has 1 amide bonds. The summed E-state index contributed by atoms with van der Waals surface area (Å²) in [6.07, 6.45) is 0.987. The Balaban J connectivity index is 2.13. The van der Waals surface area contributed by atoms with Crippen molar-refractivity contribution < 1.29 is 22.4 Å². The van der Waals surface area contributed by atoms with Crippen molar-refractivity contribution in [2.24, 2.45) is 0 Å². The maximum absolute atomic E-state index is 12.9. The van der Waals surface area contributed by atoms with Crippen LogP contribution in [-0.2, 0) is 21.4 Å². The molecule has 8 heteroatoms. The topological polar surface area (TPSA) is 83.6 Å². The normalized spacial score (nSPS) is 11.0. The molecule has 0 atom stereocenters. The quantitative estimate of drug-likeness (QED) is 0.748. The van der Waals surface area contributed by atoms with E-state index in [0.29, 0.717) is 11.1 Å². The lowest BCUT2D eigenvalue weighted by Crippen LogP contribution is -2.40. The van der Waals surface area contributed by atoms with E-state index in [0.717, 1.165) is 10.6 Å². The Morgan fingerprint density at radius 2 is 1.77 bits per heavy atom. The van der Waals surface area contributed by atoms with Gasteiger partial charge in [0.25, 0.3) is 0 Å². The van der Waals surface area contributed by atoms with Crippen molar-refractivity contribution in [3.8, 4) is 0 Å². The Bertz CT molecular complexity index is 911. The molecule has 0 fully saturated rings. The van der Waals surface area contributed by atoms with E-state index in [2.05, 4.69) is 5.32 Å². The molecule has 0 aliphatic rings. The fourth-order valence-corrected chi connectivity index (χ4v) is 3.12. The molecule has 0 radical (unpaired) electrons. The summed E-state index contributed by atoms with van der Waals surface area (Å²) in [5.74, 6) is -1.11. The maximum atomic E-state index is 12.9. The smallest absolute Gasteiger partial charge is 0.241 e. The number of halogens is 1. The van der Waals surface area contributed by atoms with E-state index in [1.165, 1.54) is 43.3 Å². The summed E-state index contributed by atoms with van der Waals surface area (Å²) in [5, 5.41) is 2.59. The molecule has 2 aromatic rings. The van der Waals surface area contributed by atoms with Gasteiger partial charge in [-0.1, -0.05) is 24.3 Å². The minimum absolute atomic E-state index is 0.143. The van der Waals surface area contributed by atoms with Gasteiger partial charge < -0.3 is 5.32 Å². The van der Waals surface area contributed by atoms with Crippen LogP contribution < -0.4 is 9.62 Å². The summed E-state index contributed by atoms with van der Waals surface area (Å²) in [4.78, 5) is 23.7.